The van der Waals surface area contributed by atoms with E-state index in [-0.39, 0.29) is 12.0 Å². The summed E-state index contributed by atoms with van der Waals surface area (Å²) < 4.78 is 4.98. The van der Waals surface area contributed by atoms with Crippen LogP contribution >= 0.6 is 0 Å². The monoisotopic (exact) mass is 211 g/mol. The molecule has 0 aliphatic carbocycles. The third kappa shape index (κ3) is 3.99. The Morgan fingerprint density at radius 2 is 2.20 bits per heavy atom. The predicted molar refractivity (Wildman–Crippen MR) is 60.4 cm³/mol. The Bertz CT molecular complexity index is 297. The number of hydrogen-bond acceptors (Lipinski definition) is 6. The highest BCUT2D eigenvalue weighted by molar-refractivity contribution is 5.48. The van der Waals surface area contributed by atoms with Crippen LogP contribution in [-0.4, -0.2) is 29.7 Å². The van der Waals surface area contributed by atoms with Gasteiger partial charge in [-0.25, -0.2) is 0 Å². The largest absolute Gasteiger partial charge is 0.385 e. The summed E-state index contributed by atoms with van der Waals surface area (Å²) in [5.41, 5.74) is 11.0. The van der Waals surface area contributed by atoms with Crippen LogP contribution in [0.15, 0.2) is 6.07 Å². The Kier molecular flexibility index (Phi) is 4.11. The van der Waals surface area contributed by atoms with Crippen LogP contribution in [0.4, 0.5) is 17.6 Å². The van der Waals surface area contributed by atoms with Gasteiger partial charge in [-0.2, -0.15) is 9.97 Å². The Morgan fingerprint density at radius 1 is 1.47 bits per heavy atom. The Labute approximate surface area is 89.0 Å². The van der Waals surface area contributed by atoms with Crippen molar-refractivity contribution in [2.45, 2.75) is 19.4 Å². The molecule has 0 aliphatic heterocycles. The third-order valence-electron chi connectivity index (χ3n) is 1.91. The third-order valence-corrected chi connectivity index (χ3v) is 1.91. The molecule has 0 spiro atoms. The average molecular weight is 211 g/mol. The van der Waals surface area contributed by atoms with Crippen LogP contribution in [0.25, 0.3) is 0 Å². The van der Waals surface area contributed by atoms with Crippen LogP contribution in [0.1, 0.15) is 13.3 Å². The number of anilines is 3. The van der Waals surface area contributed by atoms with Crippen molar-refractivity contribution in [3.63, 3.8) is 0 Å². The molecule has 5 N–H and O–H groups in total. The highest BCUT2D eigenvalue weighted by atomic mass is 16.5. The van der Waals surface area contributed by atoms with Gasteiger partial charge in [-0.1, -0.05) is 0 Å². The Morgan fingerprint density at radius 3 is 2.80 bits per heavy atom. The zero-order chi connectivity index (χ0) is 11.3. The van der Waals surface area contributed by atoms with E-state index in [4.69, 9.17) is 16.2 Å². The second-order valence-corrected chi connectivity index (χ2v) is 3.36. The number of methoxy groups -OCH3 is 1. The minimum atomic E-state index is 0.177. The van der Waals surface area contributed by atoms with E-state index >= 15 is 0 Å². The van der Waals surface area contributed by atoms with Crippen LogP contribution < -0.4 is 16.8 Å². The highest BCUT2D eigenvalue weighted by Gasteiger charge is 2.04. The van der Waals surface area contributed by atoms with Crippen LogP contribution in [0, 0.1) is 0 Å². The normalized spacial score (nSPS) is 12.4. The second-order valence-electron chi connectivity index (χ2n) is 3.36. The van der Waals surface area contributed by atoms with Crippen molar-refractivity contribution in [2.24, 2.45) is 0 Å². The van der Waals surface area contributed by atoms with E-state index in [1.807, 2.05) is 6.92 Å². The van der Waals surface area contributed by atoms with E-state index in [0.29, 0.717) is 18.2 Å². The molecule has 15 heavy (non-hydrogen) atoms. The number of nitrogens with zero attached hydrogens (tertiary/aromatic N) is 2. The Hall–Kier alpha value is -1.56. The zero-order valence-electron chi connectivity index (χ0n) is 9.03. The van der Waals surface area contributed by atoms with Gasteiger partial charge >= 0.3 is 0 Å². The number of hydrogen-bond donors (Lipinski definition) is 3. The molecule has 1 unspecified atom stereocenters. The fraction of sp³-hybridized carbons (Fsp3) is 0.556. The minimum Gasteiger partial charge on any atom is -0.385 e. The molecule has 1 aromatic heterocycles. The molecule has 0 aliphatic rings. The number of ether oxygens (including phenoxy) is 1. The molecule has 1 rings (SSSR count). The van der Waals surface area contributed by atoms with Gasteiger partial charge in [0.25, 0.3) is 0 Å². The topological polar surface area (TPSA) is 99.1 Å². The molecule has 0 saturated carbocycles. The van der Waals surface area contributed by atoms with E-state index in [2.05, 4.69) is 15.3 Å². The summed E-state index contributed by atoms with van der Waals surface area (Å²) in [7, 11) is 1.67. The summed E-state index contributed by atoms with van der Waals surface area (Å²) in [5.74, 6) is 1.18. The van der Waals surface area contributed by atoms with Crippen molar-refractivity contribution in [1.82, 2.24) is 9.97 Å². The summed E-state index contributed by atoms with van der Waals surface area (Å²) in [6.07, 6.45) is 0.889. The molecule has 0 saturated heterocycles. The minimum absolute atomic E-state index is 0.177. The maximum absolute atomic E-state index is 5.54. The quantitative estimate of drug-likeness (QED) is 0.655. The van der Waals surface area contributed by atoms with Gasteiger partial charge in [0.1, 0.15) is 11.6 Å². The van der Waals surface area contributed by atoms with Gasteiger partial charge in [-0.15, -0.1) is 0 Å². The predicted octanol–water partition coefficient (Wildman–Crippen LogP) is 0.478. The van der Waals surface area contributed by atoms with E-state index in [1.165, 1.54) is 0 Å². The van der Waals surface area contributed by atoms with Gasteiger partial charge in [0, 0.05) is 25.8 Å². The van der Waals surface area contributed by atoms with Crippen molar-refractivity contribution < 1.29 is 4.74 Å². The lowest BCUT2D eigenvalue weighted by Crippen LogP contribution is -2.18. The molecule has 6 nitrogen and oxygen atoms in total. The van der Waals surface area contributed by atoms with Crippen molar-refractivity contribution in [3.05, 3.63) is 6.07 Å². The van der Waals surface area contributed by atoms with Crippen molar-refractivity contribution in [1.29, 1.82) is 0 Å². The van der Waals surface area contributed by atoms with E-state index in [0.717, 1.165) is 6.42 Å². The summed E-state index contributed by atoms with van der Waals surface area (Å²) in [6.45, 7) is 2.73. The number of nitrogen functional groups attached to an aromatic ring is 2. The maximum Gasteiger partial charge on any atom is 0.223 e. The molecular weight excluding hydrogens is 194 g/mol. The average Bonchev–Trinajstić information content (AvgIpc) is 2.13. The van der Waals surface area contributed by atoms with Crippen molar-refractivity contribution in [2.75, 3.05) is 30.5 Å². The van der Waals surface area contributed by atoms with Crippen molar-refractivity contribution in [3.8, 4) is 0 Å². The lowest BCUT2D eigenvalue weighted by atomic mass is 10.2. The summed E-state index contributed by atoms with van der Waals surface area (Å²) in [4.78, 5) is 7.80. The lowest BCUT2D eigenvalue weighted by Gasteiger charge is -2.14. The smallest absolute Gasteiger partial charge is 0.223 e. The van der Waals surface area contributed by atoms with E-state index in [9.17, 15) is 0 Å². The highest BCUT2D eigenvalue weighted by Crippen LogP contribution is 2.11. The Balaban J connectivity index is 2.56. The van der Waals surface area contributed by atoms with Crippen LogP contribution in [-0.2, 0) is 4.74 Å². The van der Waals surface area contributed by atoms with Gasteiger partial charge in [-0.3, -0.25) is 0 Å². The first-order chi connectivity index (χ1) is 7.11. The maximum atomic E-state index is 5.54. The first-order valence-corrected chi connectivity index (χ1v) is 4.77. The number of nitrogens with one attached hydrogen (secondary N) is 1. The standard InChI is InChI=1S/C9H17N5O/c1-6(3-4-15-2)12-8-5-7(10)13-9(11)14-8/h5-6H,3-4H2,1-2H3,(H5,10,11,12,13,14). The first-order valence-electron chi connectivity index (χ1n) is 4.77. The molecule has 6 heteroatoms. The van der Waals surface area contributed by atoms with Gasteiger partial charge in [0.2, 0.25) is 5.95 Å². The SMILES string of the molecule is COCCC(C)Nc1cc(N)nc(N)n1. The van der Waals surface area contributed by atoms with Gasteiger partial charge in [-0.05, 0) is 13.3 Å². The fourth-order valence-corrected chi connectivity index (χ4v) is 1.18. The summed E-state index contributed by atoms with van der Waals surface area (Å²) in [5, 5.41) is 3.17. The fourth-order valence-electron chi connectivity index (χ4n) is 1.18. The number of rotatable bonds is 5. The zero-order valence-corrected chi connectivity index (χ0v) is 9.03. The van der Waals surface area contributed by atoms with E-state index in [1.54, 1.807) is 13.2 Å². The molecule has 1 heterocycles. The van der Waals surface area contributed by atoms with Crippen LogP contribution in [0.5, 0.6) is 0 Å². The number of aromatic nitrogens is 2. The molecule has 84 valence electrons. The summed E-state index contributed by atoms with van der Waals surface area (Å²) >= 11 is 0. The van der Waals surface area contributed by atoms with Crippen LogP contribution in [0.2, 0.25) is 0 Å². The molecule has 0 aromatic carbocycles. The number of nitrogens with two attached hydrogens (primary N) is 2. The molecule has 1 aromatic rings. The molecule has 0 amide bonds. The van der Waals surface area contributed by atoms with Crippen molar-refractivity contribution >= 4 is 17.6 Å². The van der Waals surface area contributed by atoms with E-state index < -0.39 is 0 Å². The molecule has 1 atom stereocenters. The second kappa shape index (κ2) is 5.35. The first kappa shape index (κ1) is 11.5. The summed E-state index contributed by atoms with van der Waals surface area (Å²) in [6, 6.07) is 1.90. The lowest BCUT2D eigenvalue weighted by molar-refractivity contribution is 0.191. The van der Waals surface area contributed by atoms with Gasteiger partial charge < -0.3 is 21.5 Å². The molecular formula is C9H17N5O. The van der Waals surface area contributed by atoms with Gasteiger partial charge in [0.15, 0.2) is 0 Å². The van der Waals surface area contributed by atoms with Crippen LogP contribution in [0.3, 0.4) is 0 Å². The molecule has 0 radical (unpaired) electrons. The van der Waals surface area contributed by atoms with Gasteiger partial charge in [0.05, 0.1) is 0 Å². The molecule has 0 fully saturated rings. The molecule has 0 bridgehead atoms.